The first-order valence-electron chi connectivity index (χ1n) is 8.42. The smallest absolute Gasteiger partial charge is 0.186 e. The van der Waals surface area contributed by atoms with Crippen molar-refractivity contribution in [2.45, 2.75) is 51.4 Å². The minimum atomic E-state index is 0.425. The van der Waals surface area contributed by atoms with Crippen LogP contribution in [0.3, 0.4) is 0 Å². The summed E-state index contributed by atoms with van der Waals surface area (Å²) in [5, 5.41) is 17.3. The highest BCUT2D eigenvalue weighted by atomic mass is 16.5. The molecule has 3 rings (SSSR count). The lowest BCUT2D eigenvalue weighted by atomic mass is 10.2. The first kappa shape index (κ1) is 15.5. The topological polar surface area (TPSA) is 63.7 Å². The molecule has 0 radical (unpaired) electrons. The Balaban J connectivity index is 1.66. The number of unbranched alkanes of at least 4 members (excludes halogenated alkanes) is 3. The van der Waals surface area contributed by atoms with Gasteiger partial charge in [-0.05, 0) is 43.5 Å². The van der Waals surface area contributed by atoms with E-state index in [0.717, 1.165) is 43.0 Å². The van der Waals surface area contributed by atoms with Gasteiger partial charge in [-0.3, -0.25) is 0 Å². The lowest BCUT2D eigenvalue weighted by molar-refractivity contribution is 0.305. The van der Waals surface area contributed by atoms with Gasteiger partial charge >= 0.3 is 0 Å². The van der Waals surface area contributed by atoms with Crippen molar-refractivity contribution in [3.8, 4) is 17.5 Å². The third-order valence-corrected chi connectivity index (χ3v) is 4.12. The molecule has 2 aromatic rings. The van der Waals surface area contributed by atoms with E-state index in [1.807, 2.05) is 24.3 Å². The van der Waals surface area contributed by atoms with Crippen LogP contribution in [0.15, 0.2) is 24.3 Å². The maximum absolute atomic E-state index is 9.17. The van der Waals surface area contributed by atoms with E-state index in [1.54, 1.807) is 4.68 Å². The highest BCUT2D eigenvalue weighted by Gasteiger charge is 2.31. The molecule has 0 aliphatic heterocycles. The number of hydrogen-bond acceptors (Lipinski definition) is 4. The van der Waals surface area contributed by atoms with Crippen molar-refractivity contribution in [3.63, 3.8) is 0 Å². The molecule has 0 spiro atoms. The van der Waals surface area contributed by atoms with Crippen molar-refractivity contribution in [3.05, 3.63) is 35.7 Å². The molecule has 0 unspecified atom stereocenters. The van der Waals surface area contributed by atoms with E-state index < -0.39 is 0 Å². The van der Waals surface area contributed by atoms with Crippen LogP contribution >= 0.6 is 0 Å². The lowest BCUT2D eigenvalue weighted by Gasteiger charge is -2.08. The van der Waals surface area contributed by atoms with Gasteiger partial charge in [-0.25, -0.2) is 4.68 Å². The van der Waals surface area contributed by atoms with Gasteiger partial charge in [-0.1, -0.05) is 31.4 Å². The van der Waals surface area contributed by atoms with Gasteiger partial charge in [0.15, 0.2) is 5.69 Å². The molecule has 0 amide bonds. The SMILES string of the molecule is CCCCCCOc1ccc(-n2nnc(C#N)c2C2CC2)cc1. The van der Waals surface area contributed by atoms with Gasteiger partial charge in [0.2, 0.25) is 0 Å². The zero-order valence-corrected chi connectivity index (χ0v) is 13.5. The highest BCUT2D eigenvalue weighted by molar-refractivity contribution is 5.42. The summed E-state index contributed by atoms with van der Waals surface area (Å²) in [6.45, 7) is 2.96. The van der Waals surface area contributed by atoms with Gasteiger partial charge in [-0.15, -0.1) is 5.10 Å². The van der Waals surface area contributed by atoms with Crippen LogP contribution in [0, 0.1) is 11.3 Å². The Morgan fingerprint density at radius 2 is 2.00 bits per heavy atom. The van der Waals surface area contributed by atoms with Crippen molar-refractivity contribution >= 4 is 0 Å². The second-order valence-electron chi connectivity index (χ2n) is 6.02. The molecule has 1 fully saturated rings. The molecule has 0 bridgehead atoms. The second kappa shape index (κ2) is 7.28. The molecule has 1 aromatic heterocycles. The van der Waals surface area contributed by atoms with Gasteiger partial charge < -0.3 is 4.74 Å². The number of nitriles is 1. The van der Waals surface area contributed by atoms with Crippen molar-refractivity contribution in [2.75, 3.05) is 6.61 Å². The summed E-state index contributed by atoms with van der Waals surface area (Å²) in [5.41, 5.74) is 2.32. The molecule has 5 nitrogen and oxygen atoms in total. The van der Waals surface area contributed by atoms with E-state index >= 15 is 0 Å². The lowest BCUT2D eigenvalue weighted by Crippen LogP contribution is -2.02. The van der Waals surface area contributed by atoms with E-state index in [4.69, 9.17) is 4.74 Å². The first-order valence-corrected chi connectivity index (χ1v) is 8.42. The minimum absolute atomic E-state index is 0.425. The maximum Gasteiger partial charge on any atom is 0.186 e. The number of nitrogens with zero attached hydrogens (tertiary/aromatic N) is 4. The molecule has 120 valence electrons. The fourth-order valence-corrected chi connectivity index (χ4v) is 2.69. The van der Waals surface area contributed by atoms with Crippen LogP contribution in [0.1, 0.15) is 62.8 Å². The Hall–Kier alpha value is -2.35. The average Bonchev–Trinajstić information content (AvgIpc) is 3.34. The second-order valence-corrected chi connectivity index (χ2v) is 6.02. The highest BCUT2D eigenvalue weighted by Crippen LogP contribution is 2.41. The third kappa shape index (κ3) is 3.70. The van der Waals surface area contributed by atoms with E-state index in [9.17, 15) is 5.26 Å². The monoisotopic (exact) mass is 310 g/mol. The van der Waals surface area contributed by atoms with Crippen LogP contribution in [-0.4, -0.2) is 21.6 Å². The molecular weight excluding hydrogens is 288 g/mol. The van der Waals surface area contributed by atoms with Crippen molar-refractivity contribution in [2.24, 2.45) is 0 Å². The van der Waals surface area contributed by atoms with Gasteiger partial charge in [0, 0.05) is 5.92 Å². The van der Waals surface area contributed by atoms with E-state index in [1.165, 1.54) is 19.3 Å². The molecular formula is C18H22N4O. The Morgan fingerprint density at radius 1 is 1.22 bits per heavy atom. The summed E-state index contributed by atoms with van der Waals surface area (Å²) >= 11 is 0. The Bertz CT molecular complexity index is 680. The zero-order valence-electron chi connectivity index (χ0n) is 13.5. The van der Waals surface area contributed by atoms with E-state index in [2.05, 4.69) is 23.3 Å². The fraction of sp³-hybridized carbons (Fsp3) is 0.500. The normalized spacial score (nSPS) is 13.7. The van der Waals surface area contributed by atoms with Crippen molar-refractivity contribution < 1.29 is 4.74 Å². The van der Waals surface area contributed by atoms with Crippen LogP contribution in [0.2, 0.25) is 0 Å². The Labute approximate surface area is 136 Å². The van der Waals surface area contributed by atoms with E-state index in [0.29, 0.717) is 11.6 Å². The average molecular weight is 310 g/mol. The quantitative estimate of drug-likeness (QED) is 0.692. The first-order chi connectivity index (χ1) is 11.3. The van der Waals surface area contributed by atoms with Gasteiger partial charge in [0.25, 0.3) is 0 Å². The summed E-state index contributed by atoms with van der Waals surface area (Å²) in [5.74, 6) is 1.30. The van der Waals surface area contributed by atoms with Crippen LogP contribution in [-0.2, 0) is 0 Å². The predicted octanol–water partition coefficient (Wildman–Crippen LogP) is 3.98. The predicted molar refractivity (Wildman–Crippen MR) is 87.7 cm³/mol. The molecule has 0 saturated heterocycles. The molecule has 23 heavy (non-hydrogen) atoms. The molecule has 0 N–H and O–H groups in total. The molecule has 1 aliphatic rings. The number of rotatable bonds is 8. The van der Waals surface area contributed by atoms with Crippen LogP contribution in [0.25, 0.3) is 5.69 Å². The number of ether oxygens (including phenoxy) is 1. The Morgan fingerprint density at radius 3 is 2.65 bits per heavy atom. The zero-order chi connectivity index (χ0) is 16.1. The molecule has 1 heterocycles. The standard InChI is InChI=1S/C18H22N4O/c1-2-3-4-5-12-23-16-10-8-15(9-11-16)22-18(14-6-7-14)17(13-19)20-21-22/h8-11,14H,2-7,12H2,1H3. The van der Waals surface area contributed by atoms with Gasteiger partial charge in [0.05, 0.1) is 18.0 Å². The maximum atomic E-state index is 9.17. The Kier molecular flexibility index (Phi) is 4.92. The number of hydrogen-bond donors (Lipinski definition) is 0. The van der Waals surface area contributed by atoms with Crippen LogP contribution in [0.4, 0.5) is 0 Å². The minimum Gasteiger partial charge on any atom is -0.494 e. The fourth-order valence-electron chi connectivity index (χ4n) is 2.69. The van der Waals surface area contributed by atoms with Crippen molar-refractivity contribution in [1.29, 1.82) is 5.26 Å². The number of aromatic nitrogens is 3. The molecule has 1 aromatic carbocycles. The van der Waals surface area contributed by atoms with Crippen LogP contribution in [0.5, 0.6) is 5.75 Å². The van der Waals surface area contributed by atoms with Crippen molar-refractivity contribution in [1.82, 2.24) is 15.0 Å². The third-order valence-electron chi connectivity index (χ3n) is 4.12. The number of benzene rings is 1. The molecule has 0 atom stereocenters. The van der Waals surface area contributed by atoms with Gasteiger partial charge in [0.1, 0.15) is 11.8 Å². The van der Waals surface area contributed by atoms with E-state index in [-0.39, 0.29) is 0 Å². The molecule has 1 saturated carbocycles. The summed E-state index contributed by atoms with van der Waals surface area (Å²) in [4.78, 5) is 0. The van der Waals surface area contributed by atoms with Crippen LogP contribution < -0.4 is 4.74 Å². The molecule has 5 heteroatoms. The summed E-state index contributed by atoms with van der Waals surface area (Å²) in [7, 11) is 0. The summed E-state index contributed by atoms with van der Waals surface area (Å²) < 4.78 is 7.56. The van der Waals surface area contributed by atoms with Gasteiger partial charge in [-0.2, -0.15) is 5.26 Å². The largest absolute Gasteiger partial charge is 0.494 e. The summed E-state index contributed by atoms with van der Waals surface area (Å²) in [6, 6.07) is 10.0. The molecule has 1 aliphatic carbocycles. The summed E-state index contributed by atoms with van der Waals surface area (Å²) in [6.07, 6.45) is 7.04.